The Labute approximate surface area is 143 Å². The van der Waals surface area contributed by atoms with Crippen LogP contribution in [0.15, 0.2) is 48.7 Å². The van der Waals surface area contributed by atoms with Crippen molar-refractivity contribution in [1.82, 2.24) is 9.78 Å². The molecule has 5 heteroatoms. The zero-order chi connectivity index (χ0) is 17.6. The van der Waals surface area contributed by atoms with E-state index in [0.29, 0.717) is 17.5 Å². The first-order chi connectivity index (χ1) is 12.0. The lowest BCUT2D eigenvalue weighted by Gasteiger charge is -2.23. The molecule has 1 heterocycles. The first-order valence-electron chi connectivity index (χ1n) is 8.14. The van der Waals surface area contributed by atoms with Crippen molar-refractivity contribution in [3.05, 3.63) is 82.7 Å². The van der Waals surface area contributed by atoms with Gasteiger partial charge in [0.2, 0.25) is 0 Å². The second kappa shape index (κ2) is 5.92. The van der Waals surface area contributed by atoms with Crippen molar-refractivity contribution in [3.63, 3.8) is 0 Å². The summed E-state index contributed by atoms with van der Waals surface area (Å²) in [5, 5.41) is 4.36. The molecule has 0 spiro atoms. The predicted molar refractivity (Wildman–Crippen MR) is 90.1 cm³/mol. The van der Waals surface area contributed by atoms with E-state index in [1.165, 1.54) is 12.1 Å². The molecule has 3 aromatic rings. The summed E-state index contributed by atoms with van der Waals surface area (Å²) in [5.41, 5.74) is 3.89. The SMILES string of the molecule is Cc1ccc(-n2ncc3c2C[C@@H](c2cc(F)cc(F)c2)CC3=O)cc1. The minimum absolute atomic E-state index is 0.0470. The molecule has 4 rings (SSSR count). The number of fused-ring (bicyclic) bond motifs is 1. The fourth-order valence-electron chi connectivity index (χ4n) is 3.40. The third-order valence-corrected chi connectivity index (χ3v) is 4.68. The summed E-state index contributed by atoms with van der Waals surface area (Å²) in [6.07, 6.45) is 2.33. The van der Waals surface area contributed by atoms with E-state index in [0.717, 1.165) is 23.0 Å². The van der Waals surface area contributed by atoms with Crippen molar-refractivity contribution in [2.75, 3.05) is 0 Å². The van der Waals surface area contributed by atoms with Crippen LogP contribution in [0.3, 0.4) is 0 Å². The fraction of sp³-hybridized carbons (Fsp3) is 0.200. The Morgan fingerprint density at radius 2 is 1.72 bits per heavy atom. The van der Waals surface area contributed by atoms with Crippen LogP contribution in [-0.2, 0) is 6.42 Å². The molecule has 1 atom stereocenters. The number of hydrogen-bond donors (Lipinski definition) is 0. The number of nitrogens with zero attached hydrogens (tertiary/aromatic N) is 2. The van der Waals surface area contributed by atoms with Gasteiger partial charge in [0.1, 0.15) is 11.6 Å². The van der Waals surface area contributed by atoms with Crippen LogP contribution in [0.2, 0.25) is 0 Å². The van der Waals surface area contributed by atoms with Crippen LogP contribution in [0.1, 0.15) is 39.5 Å². The Kier molecular flexibility index (Phi) is 3.71. The van der Waals surface area contributed by atoms with Crippen molar-refractivity contribution < 1.29 is 13.6 Å². The van der Waals surface area contributed by atoms with Crippen LogP contribution in [0.4, 0.5) is 8.78 Å². The molecule has 0 N–H and O–H groups in total. The summed E-state index contributed by atoms with van der Waals surface area (Å²) in [7, 11) is 0. The van der Waals surface area contributed by atoms with Gasteiger partial charge in [-0.1, -0.05) is 17.7 Å². The third kappa shape index (κ3) is 2.86. The van der Waals surface area contributed by atoms with Crippen LogP contribution < -0.4 is 0 Å². The lowest BCUT2D eigenvalue weighted by atomic mass is 9.82. The number of benzene rings is 2. The van der Waals surface area contributed by atoms with Gasteiger partial charge < -0.3 is 0 Å². The largest absolute Gasteiger partial charge is 0.294 e. The van der Waals surface area contributed by atoms with E-state index in [9.17, 15) is 13.6 Å². The molecule has 0 bridgehead atoms. The molecule has 1 aromatic heterocycles. The Bertz CT molecular complexity index is 940. The smallest absolute Gasteiger partial charge is 0.166 e. The average molecular weight is 338 g/mol. The quantitative estimate of drug-likeness (QED) is 0.695. The maximum Gasteiger partial charge on any atom is 0.166 e. The van der Waals surface area contributed by atoms with Gasteiger partial charge in [-0.3, -0.25) is 4.79 Å². The topological polar surface area (TPSA) is 34.9 Å². The number of rotatable bonds is 2. The van der Waals surface area contributed by atoms with Crippen LogP contribution in [-0.4, -0.2) is 15.6 Å². The van der Waals surface area contributed by atoms with Gasteiger partial charge in [-0.25, -0.2) is 13.5 Å². The minimum Gasteiger partial charge on any atom is -0.294 e. The third-order valence-electron chi connectivity index (χ3n) is 4.68. The maximum absolute atomic E-state index is 13.6. The van der Waals surface area contributed by atoms with Crippen molar-refractivity contribution in [2.24, 2.45) is 0 Å². The summed E-state index contributed by atoms with van der Waals surface area (Å²) in [4.78, 5) is 12.5. The fourth-order valence-corrected chi connectivity index (χ4v) is 3.40. The molecule has 0 unspecified atom stereocenters. The Balaban J connectivity index is 1.75. The molecule has 1 aliphatic rings. The van der Waals surface area contributed by atoms with E-state index in [2.05, 4.69) is 5.10 Å². The van der Waals surface area contributed by atoms with Crippen molar-refractivity contribution in [2.45, 2.75) is 25.7 Å². The molecular weight excluding hydrogens is 322 g/mol. The van der Waals surface area contributed by atoms with Crippen molar-refractivity contribution in [1.29, 1.82) is 0 Å². The highest BCUT2D eigenvalue weighted by molar-refractivity contribution is 5.98. The first kappa shape index (κ1) is 15.7. The van der Waals surface area contributed by atoms with E-state index in [4.69, 9.17) is 0 Å². The molecule has 0 saturated carbocycles. The normalized spacial score (nSPS) is 16.8. The minimum atomic E-state index is -0.625. The van der Waals surface area contributed by atoms with Gasteiger partial charge in [0.15, 0.2) is 5.78 Å². The van der Waals surface area contributed by atoms with Crippen LogP contribution >= 0.6 is 0 Å². The summed E-state index contributed by atoms with van der Waals surface area (Å²) in [6, 6.07) is 11.3. The molecule has 25 heavy (non-hydrogen) atoms. The summed E-state index contributed by atoms with van der Waals surface area (Å²) >= 11 is 0. The highest BCUT2D eigenvalue weighted by Crippen LogP contribution is 2.34. The van der Waals surface area contributed by atoms with Gasteiger partial charge in [0.05, 0.1) is 23.1 Å². The molecule has 0 amide bonds. The van der Waals surface area contributed by atoms with Gasteiger partial charge in [-0.15, -0.1) is 0 Å². The van der Waals surface area contributed by atoms with Gasteiger partial charge >= 0.3 is 0 Å². The second-order valence-corrected chi connectivity index (χ2v) is 6.48. The number of halogens is 2. The molecule has 3 nitrogen and oxygen atoms in total. The molecule has 2 aromatic carbocycles. The standard InChI is InChI=1S/C20H16F2N2O/c1-12-2-4-17(5-3-12)24-19-8-14(9-20(25)18(19)11-23-24)13-6-15(21)10-16(22)7-13/h2-7,10-11,14H,8-9H2,1H3/t14-/m1/s1. The number of Topliss-reactive ketones (excluding diaryl/α,β-unsaturated/α-hetero) is 1. The lowest BCUT2D eigenvalue weighted by molar-refractivity contribution is 0.0963. The maximum atomic E-state index is 13.6. The molecule has 126 valence electrons. The van der Waals surface area contributed by atoms with Crippen molar-refractivity contribution >= 4 is 5.78 Å². The van der Waals surface area contributed by atoms with Crippen LogP contribution in [0.5, 0.6) is 0 Å². The zero-order valence-electron chi connectivity index (χ0n) is 13.7. The number of carbonyl (C=O) groups excluding carboxylic acids is 1. The number of aryl methyl sites for hydroxylation is 1. The number of carbonyl (C=O) groups is 1. The molecule has 0 radical (unpaired) electrons. The molecular formula is C20H16F2N2O. The van der Waals surface area contributed by atoms with E-state index in [-0.39, 0.29) is 18.1 Å². The highest BCUT2D eigenvalue weighted by atomic mass is 19.1. The Hall–Kier alpha value is -2.82. The van der Waals surface area contributed by atoms with Crippen molar-refractivity contribution in [3.8, 4) is 5.69 Å². The predicted octanol–water partition coefficient (Wildman–Crippen LogP) is 4.37. The van der Waals surface area contributed by atoms with Gasteiger partial charge in [0.25, 0.3) is 0 Å². The highest BCUT2D eigenvalue weighted by Gasteiger charge is 2.30. The monoisotopic (exact) mass is 338 g/mol. The zero-order valence-corrected chi connectivity index (χ0v) is 13.7. The van der Waals surface area contributed by atoms with Crippen LogP contribution in [0, 0.1) is 18.6 Å². The van der Waals surface area contributed by atoms with E-state index in [1.807, 2.05) is 31.2 Å². The number of ketones is 1. The second-order valence-electron chi connectivity index (χ2n) is 6.48. The van der Waals surface area contributed by atoms with Gasteiger partial charge in [-0.05, 0) is 49.1 Å². The Morgan fingerprint density at radius 3 is 2.40 bits per heavy atom. The van der Waals surface area contributed by atoms with E-state index >= 15 is 0 Å². The lowest BCUT2D eigenvalue weighted by Crippen LogP contribution is -2.20. The van der Waals surface area contributed by atoms with E-state index < -0.39 is 11.6 Å². The van der Waals surface area contributed by atoms with Gasteiger partial charge in [0, 0.05) is 12.5 Å². The summed E-state index contributed by atoms with van der Waals surface area (Å²) in [6.45, 7) is 2.00. The van der Waals surface area contributed by atoms with Gasteiger partial charge in [-0.2, -0.15) is 5.10 Å². The number of aromatic nitrogens is 2. The first-order valence-corrected chi connectivity index (χ1v) is 8.14. The molecule has 0 fully saturated rings. The number of hydrogen-bond acceptors (Lipinski definition) is 2. The Morgan fingerprint density at radius 1 is 1.04 bits per heavy atom. The molecule has 0 saturated heterocycles. The summed E-state index contributed by atoms with van der Waals surface area (Å²) in [5.74, 6) is -1.55. The van der Waals surface area contributed by atoms with E-state index in [1.54, 1.807) is 10.9 Å². The molecule has 0 aliphatic heterocycles. The molecule has 1 aliphatic carbocycles. The average Bonchev–Trinajstić information content (AvgIpc) is 2.99. The summed E-state index contributed by atoms with van der Waals surface area (Å²) < 4.78 is 28.9. The van der Waals surface area contributed by atoms with Crippen LogP contribution in [0.25, 0.3) is 5.69 Å².